The number of hydrogen-bond acceptors (Lipinski definition) is 6. The van der Waals surface area contributed by atoms with Crippen LogP contribution >= 0.6 is 0 Å². The average Bonchev–Trinajstić information content (AvgIpc) is 2.68. The maximum atomic E-state index is 12.3. The Morgan fingerprint density at radius 2 is 1.30 bits per heavy atom. The summed E-state index contributed by atoms with van der Waals surface area (Å²) >= 11 is 0. The molecule has 0 aliphatic carbocycles. The number of benzene rings is 2. The van der Waals surface area contributed by atoms with Gasteiger partial charge in [-0.15, -0.1) is 0 Å². The smallest absolute Gasteiger partial charge is 0.411 e. The second-order valence-electron chi connectivity index (χ2n) is 7.98. The van der Waals surface area contributed by atoms with Gasteiger partial charge in [0.05, 0.1) is 0 Å². The lowest BCUT2D eigenvalue weighted by atomic mass is 9.81. The highest BCUT2D eigenvalue weighted by atomic mass is 16.6. The zero-order valence-corrected chi connectivity index (χ0v) is 17.5. The van der Waals surface area contributed by atoms with Gasteiger partial charge in [0.15, 0.2) is 0 Å². The van der Waals surface area contributed by atoms with Gasteiger partial charge >= 0.3 is 12.2 Å². The van der Waals surface area contributed by atoms with Crippen LogP contribution in [0.1, 0.15) is 27.7 Å². The Morgan fingerprint density at radius 1 is 0.867 bits per heavy atom. The normalized spacial score (nSPS) is 12.2. The summed E-state index contributed by atoms with van der Waals surface area (Å²) in [6.45, 7) is 7.54. The molecule has 8 heteroatoms. The van der Waals surface area contributed by atoms with Crippen molar-refractivity contribution in [3.05, 3.63) is 48.5 Å². The van der Waals surface area contributed by atoms with Crippen molar-refractivity contribution in [3.8, 4) is 11.5 Å². The zero-order chi connectivity index (χ0) is 22.3. The highest BCUT2D eigenvalue weighted by molar-refractivity contribution is 5.85. The van der Waals surface area contributed by atoms with Gasteiger partial charge in [0.2, 0.25) is 0 Å². The van der Waals surface area contributed by atoms with Crippen LogP contribution in [0.15, 0.2) is 48.5 Å². The number of carbonyl (C=O) groups excluding carboxylic acids is 2. The van der Waals surface area contributed by atoms with Crippen LogP contribution in [0.3, 0.4) is 0 Å². The van der Waals surface area contributed by atoms with Crippen molar-refractivity contribution >= 4 is 23.6 Å². The number of nitrogens with one attached hydrogen (secondary N) is 2. The molecule has 1 unspecified atom stereocenters. The minimum absolute atomic E-state index is 0.0201. The first-order chi connectivity index (χ1) is 14.1. The van der Waals surface area contributed by atoms with Crippen molar-refractivity contribution in [3.63, 3.8) is 0 Å². The fraction of sp³-hybridized carbons (Fsp3) is 0.364. The third-order valence-electron chi connectivity index (χ3n) is 4.41. The first kappa shape index (κ1) is 22.9. The second-order valence-corrected chi connectivity index (χ2v) is 7.98. The van der Waals surface area contributed by atoms with Crippen LogP contribution in [-0.4, -0.2) is 35.1 Å². The van der Waals surface area contributed by atoms with Gasteiger partial charge in [0, 0.05) is 16.8 Å². The number of phenolic OH excluding ortho intramolecular Hbond substituents is 2. The van der Waals surface area contributed by atoms with Gasteiger partial charge in [-0.1, -0.05) is 27.7 Å². The number of carbonyl (C=O) groups is 2. The number of hydrogen-bond donors (Lipinski definition) is 4. The van der Waals surface area contributed by atoms with Crippen molar-refractivity contribution < 1.29 is 29.3 Å². The van der Waals surface area contributed by atoms with Gasteiger partial charge in [-0.3, -0.25) is 10.6 Å². The summed E-state index contributed by atoms with van der Waals surface area (Å²) in [5, 5.41) is 23.8. The Hall–Kier alpha value is -3.42. The third-order valence-corrected chi connectivity index (χ3v) is 4.41. The fourth-order valence-corrected chi connectivity index (χ4v) is 3.04. The molecule has 0 aliphatic rings. The first-order valence-electron chi connectivity index (χ1n) is 9.56. The lowest BCUT2D eigenvalue weighted by Gasteiger charge is -2.35. The van der Waals surface area contributed by atoms with E-state index >= 15 is 0 Å². The molecule has 0 aromatic heterocycles. The molecule has 8 nitrogen and oxygen atoms in total. The highest BCUT2D eigenvalue weighted by Crippen LogP contribution is 2.30. The van der Waals surface area contributed by atoms with E-state index in [0.717, 1.165) is 0 Å². The van der Waals surface area contributed by atoms with Gasteiger partial charge in [-0.25, -0.2) is 9.59 Å². The first-order valence-corrected chi connectivity index (χ1v) is 9.56. The maximum Gasteiger partial charge on any atom is 0.411 e. The van der Waals surface area contributed by atoms with E-state index in [1.165, 1.54) is 24.3 Å². The minimum atomic E-state index is -0.660. The average molecular weight is 416 g/mol. The summed E-state index contributed by atoms with van der Waals surface area (Å²) in [7, 11) is 0. The standard InChI is InChI=1S/C22H28N2O6/c1-14(2)19(30-21(28)24-16-7-11-18(26)12-8-16)22(3,4)13-29-20(27)23-15-5-9-17(25)10-6-15/h5-12,14,19,25-26H,13H2,1-4H3,(H,23,27)(H,24,28). The lowest BCUT2D eigenvalue weighted by Crippen LogP contribution is -2.42. The highest BCUT2D eigenvalue weighted by Gasteiger charge is 2.36. The van der Waals surface area contributed by atoms with Gasteiger partial charge in [-0.2, -0.15) is 0 Å². The summed E-state index contributed by atoms with van der Waals surface area (Å²) in [4.78, 5) is 24.4. The molecule has 0 saturated heterocycles. The molecule has 2 amide bonds. The molecule has 2 aromatic carbocycles. The minimum Gasteiger partial charge on any atom is -0.508 e. The molecular weight excluding hydrogens is 388 g/mol. The van der Waals surface area contributed by atoms with Crippen molar-refractivity contribution in [1.29, 1.82) is 0 Å². The monoisotopic (exact) mass is 416 g/mol. The molecular formula is C22H28N2O6. The van der Waals surface area contributed by atoms with Crippen LogP contribution in [0.5, 0.6) is 11.5 Å². The van der Waals surface area contributed by atoms with E-state index in [4.69, 9.17) is 9.47 Å². The van der Waals surface area contributed by atoms with E-state index in [1.807, 2.05) is 27.7 Å². The molecule has 0 fully saturated rings. The number of amides is 2. The van der Waals surface area contributed by atoms with Crippen molar-refractivity contribution in [2.24, 2.45) is 11.3 Å². The molecule has 0 spiro atoms. The molecule has 2 aromatic rings. The lowest BCUT2D eigenvalue weighted by molar-refractivity contribution is -0.0301. The molecule has 0 aliphatic heterocycles. The van der Waals surface area contributed by atoms with E-state index in [9.17, 15) is 19.8 Å². The number of ether oxygens (including phenoxy) is 2. The van der Waals surface area contributed by atoms with E-state index < -0.39 is 23.7 Å². The van der Waals surface area contributed by atoms with Gasteiger partial charge in [-0.05, 0) is 54.4 Å². The Labute approximate surface area is 175 Å². The maximum absolute atomic E-state index is 12.3. The second kappa shape index (κ2) is 9.87. The molecule has 162 valence electrons. The summed E-state index contributed by atoms with van der Waals surface area (Å²) in [5.41, 5.74) is 0.315. The van der Waals surface area contributed by atoms with Gasteiger partial charge < -0.3 is 19.7 Å². The van der Waals surface area contributed by atoms with E-state index in [0.29, 0.717) is 11.4 Å². The van der Waals surface area contributed by atoms with Crippen LogP contribution in [0.2, 0.25) is 0 Å². The molecule has 1 atom stereocenters. The van der Waals surface area contributed by atoms with Crippen molar-refractivity contribution in [2.75, 3.05) is 17.2 Å². The summed E-state index contributed by atoms with van der Waals surface area (Å²) in [5.74, 6) is 0.157. The van der Waals surface area contributed by atoms with Crippen LogP contribution in [0, 0.1) is 11.3 Å². The SMILES string of the molecule is CC(C)C(OC(=O)Nc1ccc(O)cc1)C(C)(C)COC(=O)Nc1ccc(O)cc1. The number of anilines is 2. The Balaban J connectivity index is 1.93. The molecule has 0 bridgehead atoms. The molecule has 30 heavy (non-hydrogen) atoms. The number of rotatable bonds is 7. The van der Waals surface area contributed by atoms with Crippen molar-refractivity contribution in [1.82, 2.24) is 0 Å². The molecule has 0 heterocycles. The summed E-state index contributed by atoms with van der Waals surface area (Å²) < 4.78 is 11.0. The van der Waals surface area contributed by atoms with Crippen LogP contribution in [-0.2, 0) is 9.47 Å². The summed E-state index contributed by atoms with van der Waals surface area (Å²) in [6.07, 6.45) is -1.82. The van der Waals surface area contributed by atoms with Crippen LogP contribution < -0.4 is 10.6 Å². The van der Waals surface area contributed by atoms with Gasteiger partial charge in [0.1, 0.15) is 24.2 Å². The zero-order valence-electron chi connectivity index (χ0n) is 17.5. The molecule has 2 rings (SSSR count). The Morgan fingerprint density at radius 3 is 1.73 bits per heavy atom. The molecule has 0 saturated carbocycles. The van der Waals surface area contributed by atoms with Crippen LogP contribution in [0.4, 0.5) is 21.0 Å². The quantitative estimate of drug-likeness (QED) is 0.475. The van der Waals surface area contributed by atoms with E-state index in [-0.39, 0.29) is 24.0 Å². The predicted octanol–water partition coefficient (Wildman–Crippen LogP) is 4.95. The van der Waals surface area contributed by atoms with E-state index in [1.54, 1.807) is 24.3 Å². The molecule has 0 radical (unpaired) electrons. The number of aromatic hydroxyl groups is 2. The number of phenols is 2. The van der Waals surface area contributed by atoms with Crippen molar-refractivity contribution in [2.45, 2.75) is 33.8 Å². The largest absolute Gasteiger partial charge is 0.508 e. The topological polar surface area (TPSA) is 117 Å². The van der Waals surface area contributed by atoms with Crippen LogP contribution in [0.25, 0.3) is 0 Å². The summed E-state index contributed by atoms with van der Waals surface area (Å²) in [6, 6.07) is 12.0. The Bertz CT molecular complexity index is 847. The molecule has 4 N–H and O–H groups in total. The predicted molar refractivity (Wildman–Crippen MR) is 114 cm³/mol. The fourth-order valence-electron chi connectivity index (χ4n) is 3.04. The third kappa shape index (κ3) is 6.88. The Kier molecular flexibility index (Phi) is 7.52. The van der Waals surface area contributed by atoms with E-state index in [2.05, 4.69) is 10.6 Å². The van der Waals surface area contributed by atoms with Gasteiger partial charge in [0.25, 0.3) is 0 Å².